The van der Waals surface area contributed by atoms with E-state index < -0.39 is 11.9 Å². The Bertz CT molecular complexity index is 926. The standard InChI is InChI=1S/C19H25N5O4S/c1-20-18(27)22-16(25)13-29-19-21-15-6-3-2-5-14(15)17(26)24(19)8-4-7-23-9-11-28-12-10-23/h2-3,5-6H,4,7-13H2,1H3,(H2,20,22,25,27)/p+1. The summed E-state index contributed by atoms with van der Waals surface area (Å²) in [5.74, 6) is -0.450. The summed E-state index contributed by atoms with van der Waals surface area (Å²) in [6, 6.07) is 6.63. The van der Waals surface area contributed by atoms with E-state index in [0.717, 1.165) is 51.0 Å². The number of fused-ring (bicyclic) bond motifs is 1. The number of amides is 3. The summed E-state index contributed by atoms with van der Waals surface area (Å²) in [4.78, 5) is 42.3. The Kier molecular flexibility index (Phi) is 7.62. The highest BCUT2D eigenvalue weighted by atomic mass is 32.2. The zero-order chi connectivity index (χ0) is 20.6. The summed E-state index contributed by atoms with van der Waals surface area (Å²) in [6.45, 7) is 4.98. The number of hydrogen-bond donors (Lipinski definition) is 3. The number of imide groups is 1. The molecule has 0 spiro atoms. The van der Waals surface area contributed by atoms with Gasteiger partial charge in [-0.2, -0.15) is 0 Å². The van der Waals surface area contributed by atoms with Crippen molar-refractivity contribution in [3.8, 4) is 0 Å². The van der Waals surface area contributed by atoms with Crippen molar-refractivity contribution in [2.45, 2.75) is 18.1 Å². The van der Waals surface area contributed by atoms with Crippen molar-refractivity contribution in [2.75, 3.05) is 45.6 Å². The molecule has 2 aromatic rings. The molecule has 3 amide bonds. The first-order valence-electron chi connectivity index (χ1n) is 9.63. The van der Waals surface area contributed by atoms with Crippen LogP contribution < -0.4 is 21.1 Å². The second-order valence-electron chi connectivity index (χ2n) is 6.75. The number of thioether (sulfide) groups is 1. The van der Waals surface area contributed by atoms with Crippen molar-refractivity contribution in [1.29, 1.82) is 0 Å². The molecule has 2 heterocycles. The van der Waals surface area contributed by atoms with Gasteiger partial charge in [0.25, 0.3) is 5.56 Å². The molecule has 3 rings (SSSR count). The lowest BCUT2D eigenvalue weighted by Crippen LogP contribution is -3.14. The number of carbonyl (C=O) groups excluding carboxylic acids is 2. The van der Waals surface area contributed by atoms with Crippen LogP contribution in [0.3, 0.4) is 0 Å². The molecule has 0 atom stereocenters. The van der Waals surface area contributed by atoms with Crippen molar-refractivity contribution in [1.82, 2.24) is 20.2 Å². The van der Waals surface area contributed by atoms with Gasteiger partial charge < -0.3 is 15.0 Å². The molecule has 10 heteroatoms. The average molecular weight is 421 g/mol. The van der Waals surface area contributed by atoms with Gasteiger partial charge in [0.1, 0.15) is 13.1 Å². The number of para-hydroxylation sites is 1. The molecule has 9 nitrogen and oxygen atoms in total. The maximum Gasteiger partial charge on any atom is 0.321 e. The smallest absolute Gasteiger partial charge is 0.321 e. The number of nitrogens with zero attached hydrogens (tertiary/aromatic N) is 2. The van der Waals surface area contributed by atoms with Gasteiger partial charge in [-0.15, -0.1) is 0 Å². The zero-order valence-electron chi connectivity index (χ0n) is 16.4. The van der Waals surface area contributed by atoms with Crippen LogP contribution in [0.5, 0.6) is 0 Å². The van der Waals surface area contributed by atoms with E-state index in [2.05, 4.69) is 15.6 Å². The summed E-state index contributed by atoms with van der Waals surface area (Å²) in [5.41, 5.74) is 0.489. The van der Waals surface area contributed by atoms with Crippen LogP contribution >= 0.6 is 11.8 Å². The van der Waals surface area contributed by atoms with Crippen molar-refractivity contribution in [2.24, 2.45) is 0 Å². The minimum Gasteiger partial charge on any atom is -0.370 e. The lowest BCUT2D eigenvalue weighted by Gasteiger charge is -2.24. The molecule has 1 aromatic heterocycles. The highest BCUT2D eigenvalue weighted by Gasteiger charge is 2.16. The minimum atomic E-state index is -0.562. The van der Waals surface area contributed by atoms with E-state index in [-0.39, 0.29) is 11.3 Å². The van der Waals surface area contributed by atoms with Crippen LogP contribution in [0, 0.1) is 0 Å². The topological polar surface area (TPSA) is 107 Å². The lowest BCUT2D eigenvalue weighted by atomic mass is 10.2. The first kappa shape index (κ1) is 21.3. The van der Waals surface area contributed by atoms with Crippen LogP contribution in [0.2, 0.25) is 0 Å². The number of quaternary nitrogens is 1. The number of urea groups is 1. The van der Waals surface area contributed by atoms with Crippen molar-refractivity contribution < 1.29 is 19.2 Å². The molecule has 0 saturated carbocycles. The third kappa shape index (κ3) is 5.78. The number of aromatic nitrogens is 2. The second-order valence-corrected chi connectivity index (χ2v) is 7.69. The SMILES string of the molecule is CNC(=O)NC(=O)CSc1nc2ccccc2c(=O)n1CCC[NH+]1CCOCC1. The minimum absolute atomic E-state index is 0.00703. The summed E-state index contributed by atoms with van der Waals surface area (Å²) < 4.78 is 7.02. The molecule has 1 aromatic carbocycles. The Morgan fingerprint density at radius 1 is 1.28 bits per heavy atom. The van der Waals surface area contributed by atoms with Gasteiger partial charge in [-0.1, -0.05) is 23.9 Å². The maximum absolute atomic E-state index is 13.0. The van der Waals surface area contributed by atoms with Gasteiger partial charge in [-0.25, -0.2) is 9.78 Å². The number of nitrogens with one attached hydrogen (secondary N) is 3. The summed E-state index contributed by atoms with van der Waals surface area (Å²) in [5, 5.41) is 5.60. The van der Waals surface area contributed by atoms with E-state index in [4.69, 9.17) is 4.74 Å². The number of ether oxygens (including phenoxy) is 1. The molecule has 1 fully saturated rings. The molecule has 1 saturated heterocycles. The number of hydrogen-bond acceptors (Lipinski definition) is 6. The molecule has 0 aliphatic carbocycles. The van der Waals surface area contributed by atoms with E-state index in [1.807, 2.05) is 12.1 Å². The normalized spacial score (nSPS) is 14.7. The summed E-state index contributed by atoms with van der Waals surface area (Å²) in [7, 11) is 1.44. The molecule has 1 aliphatic rings. The second kappa shape index (κ2) is 10.4. The summed E-state index contributed by atoms with van der Waals surface area (Å²) >= 11 is 1.16. The average Bonchev–Trinajstić information content (AvgIpc) is 2.74. The fraction of sp³-hybridized carbons (Fsp3) is 0.474. The molecule has 0 radical (unpaired) electrons. The predicted octanol–water partition coefficient (Wildman–Crippen LogP) is -0.751. The Balaban J connectivity index is 1.74. The molecule has 1 aliphatic heterocycles. The van der Waals surface area contributed by atoms with Crippen LogP contribution in [0.1, 0.15) is 6.42 Å². The van der Waals surface area contributed by atoms with Gasteiger partial charge in [0.05, 0.1) is 36.4 Å². The lowest BCUT2D eigenvalue weighted by molar-refractivity contribution is -0.908. The Labute approximate surface area is 172 Å². The highest BCUT2D eigenvalue weighted by molar-refractivity contribution is 7.99. The third-order valence-corrected chi connectivity index (χ3v) is 5.73. The van der Waals surface area contributed by atoms with E-state index >= 15 is 0 Å². The summed E-state index contributed by atoms with van der Waals surface area (Å²) in [6.07, 6.45) is 0.827. The number of rotatable bonds is 7. The van der Waals surface area contributed by atoms with Crippen molar-refractivity contribution in [3.05, 3.63) is 34.6 Å². The van der Waals surface area contributed by atoms with Crippen molar-refractivity contribution in [3.63, 3.8) is 0 Å². The van der Waals surface area contributed by atoms with E-state index in [1.165, 1.54) is 11.9 Å². The predicted molar refractivity (Wildman–Crippen MR) is 110 cm³/mol. The van der Waals surface area contributed by atoms with E-state index in [0.29, 0.717) is 22.6 Å². The van der Waals surface area contributed by atoms with Gasteiger partial charge >= 0.3 is 6.03 Å². The van der Waals surface area contributed by atoms with E-state index in [1.54, 1.807) is 16.7 Å². The number of morpholine rings is 1. The fourth-order valence-corrected chi connectivity index (χ4v) is 4.03. The zero-order valence-corrected chi connectivity index (χ0v) is 17.2. The molecular formula is C19H26N5O4S+. The Morgan fingerprint density at radius 2 is 2.03 bits per heavy atom. The maximum atomic E-state index is 13.0. The van der Waals surface area contributed by atoms with Gasteiger partial charge in [0, 0.05) is 20.0 Å². The molecule has 156 valence electrons. The largest absolute Gasteiger partial charge is 0.370 e. The van der Waals surface area contributed by atoms with Gasteiger partial charge in [-0.05, 0) is 12.1 Å². The first-order valence-corrected chi connectivity index (χ1v) is 10.6. The third-order valence-electron chi connectivity index (χ3n) is 4.75. The fourth-order valence-electron chi connectivity index (χ4n) is 3.21. The molecule has 3 N–H and O–H groups in total. The molecule has 0 unspecified atom stereocenters. The van der Waals surface area contributed by atoms with Crippen LogP contribution in [-0.2, 0) is 16.1 Å². The van der Waals surface area contributed by atoms with Crippen LogP contribution in [0.4, 0.5) is 4.79 Å². The van der Waals surface area contributed by atoms with Gasteiger partial charge in [-0.3, -0.25) is 19.5 Å². The van der Waals surface area contributed by atoms with E-state index in [9.17, 15) is 14.4 Å². The monoisotopic (exact) mass is 420 g/mol. The quantitative estimate of drug-likeness (QED) is 0.402. The van der Waals surface area contributed by atoms with Crippen LogP contribution in [-0.4, -0.2) is 67.1 Å². The van der Waals surface area contributed by atoms with Crippen molar-refractivity contribution >= 4 is 34.6 Å². The van der Waals surface area contributed by atoms with Crippen LogP contribution in [0.25, 0.3) is 10.9 Å². The molecule has 29 heavy (non-hydrogen) atoms. The van der Waals surface area contributed by atoms with Gasteiger partial charge in [0.15, 0.2) is 5.16 Å². The highest BCUT2D eigenvalue weighted by Crippen LogP contribution is 2.17. The van der Waals surface area contributed by atoms with Crippen LogP contribution in [0.15, 0.2) is 34.2 Å². The Hall–Kier alpha value is -2.43. The number of benzene rings is 1. The molecule has 0 bridgehead atoms. The first-order chi connectivity index (χ1) is 14.1. The van der Waals surface area contributed by atoms with Gasteiger partial charge in [0.2, 0.25) is 5.91 Å². The number of carbonyl (C=O) groups is 2. The Morgan fingerprint density at radius 3 is 2.79 bits per heavy atom. The molecular weight excluding hydrogens is 394 g/mol.